The van der Waals surface area contributed by atoms with Gasteiger partial charge >= 0.3 is 0 Å². The van der Waals surface area contributed by atoms with E-state index in [1.54, 1.807) is 0 Å². The molecule has 1 saturated carbocycles. The van der Waals surface area contributed by atoms with Crippen molar-refractivity contribution in [2.45, 2.75) is 64.1 Å². The Hall–Kier alpha value is -2.27. The normalized spacial score (nSPS) is 14.5. The van der Waals surface area contributed by atoms with Crippen molar-refractivity contribution in [3.05, 3.63) is 22.6 Å². The lowest BCUT2D eigenvalue weighted by Crippen LogP contribution is -2.19. The molecular formula is C18H24N6OS. The van der Waals surface area contributed by atoms with E-state index < -0.39 is 0 Å². The van der Waals surface area contributed by atoms with E-state index in [0.29, 0.717) is 22.6 Å². The average Bonchev–Trinajstić information content (AvgIpc) is 3.35. The molecule has 0 unspecified atom stereocenters. The van der Waals surface area contributed by atoms with Crippen LogP contribution in [0.25, 0.3) is 0 Å². The van der Waals surface area contributed by atoms with E-state index in [4.69, 9.17) is 0 Å². The lowest BCUT2D eigenvalue weighted by Gasteiger charge is -2.19. The van der Waals surface area contributed by atoms with Gasteiger partial charge in [-0.15, -0.1) is 5.10 Å². The van der Waals surface area contributed by atoms with Gasteiger partial charge in [-0.2, -0.15) is 5.26 Å². The van der Waals surface area contributed by atoms with E-state index in [1.165, 1.54) is 24.6 Å². The van der Waals surface area contributed by atoms with Gasteiger partial charge in [-0.25, -0.2) is 4.98 Å². The van der Waals surface area contributed by atoms with Crippen LogP contribution >= 0.6 is 11.8 Å². The summed E-state index contributed by atoms with van der Waals surface area (Å²) in [5, 5.41) is 20.1. The van der Waals surface area contributed by atoms with Crippen LogP contribution in [0.15, 0.2) is 5.16 Å². The van der Waals surface area contributed by atoms with Gasteiger partial charge < -0.3 is 9.88 Å². The van der Waals surface area contributed by atoms with Gasteiger partial charge in [0.25, 0.3) is 0 Å². The van der Waals surface area contributed by atoms with Crippen molar-refractivity contribution >= 4 is 23.5 Å². The van der Waals surface area contributed by atoms with Crippen molar-refractivity contribution in [2.24, 2.45) is 0 Å². The van der Waals surface area contributed by atoms with Crippen LogP contribution in [0.2, 0.25) is 0 Å². The highest BCUT2D eigenvalue weighted by Crippen LogP contribution is 2.37. The number of hydrogen-bond acceptors (Lipinski definition) is 5. The highest BCUT2D eigenvalue weighted by molar-refractivity contribution is 7.99. The Morgan fingerprint density at radius 1 is 1.42 bits per heavy atom. The Labute approximate surface area is 157 Å². The summed E-state index contributed by atoms with van der Waals surface area (Å²) in [6, 6.07) is 2.63. The number of hydrogen-bond donors (Lipinski definition) is 2. The second-order valence-corrected chi connectivity index (χ2v) is 7.55. The summed E-state index contributed by atoms with van der Waals surface area (Å²) in [7, 11) is 0. The largest absolute Gasteiger partial charge is 0.327 e. The summed E-state index contributed by atoms with van der Waals surface area (Å²) in [6.07, 6.45) is 5.34. The Morgan fingerprint density at radius 3 is 2.77 bits per heavy atom. The van der Waals surface area contributed by atoms with Crippen LogP contribution in [0.5, 0.6) is 0 Å². The first-order valence-electron chi connectivity index (χ1n) is 9.00. The molecule has 138 valence electrons. The van der Waals surface area contributed by atoms with Crippen LogP contribution in [0.1, 0.15) is 61.3 Å². The second-order valence-electron chi connectivity index (χ2n) is 6.61. The van der Waals surface area contributed by atoms with Crippen molar-refractivity contribution in [3.63, 3.8) is 0 Å². The Bertz CT molecular complexity index is 841. The number of anilines is 1. The maximum absolute atomic E-state index is 12.5. The number of amides is 1. The van der Waals surface area contributed by atoms with Crippen molar-refractivity contribution in [1.82, 2.24) is 19.7 Å². The molecule has 7 nitrogen and oxygen atoms in total. The number of rotatable bonds is 6. The van der Waals surface area contributed by atoms with Crippen molar-refractivity contribution in [1.29, 1.82) is 5.26 Å². The van der Waals surface area contributed by atoms with E-state index in [1.807, 2.05) is 20.8 Å². The van der Waals surface area contributed by atoms with E-state index in [2.05, 4.69) is 31.1 Å². The summed E-state index contributed by atoms with van der Waals surface area (Å²) in [6.45, 7) is 5.97. The standard InChI is InChI=1S/C18H24N6OS/c1-4-15-20-18(23-22-15)26-10-16(25)21-17-14(9-19)11(2)12(3)24(17)13-7-5-6-8-13/h13H,4-8,10H2,1-3H3,(H,21,25)(H,20,22,23). The maximum Gasteiger partial charge on any atom is 0.235 e. The van der Waals surface area contributed by atoms with Crippen LogP contribution in [0, 0.1) is 25.2 Å². The zero-order chi connectivity index (χ0) is 18.7. The van der Waals surface area contributed by atoms with Crippen molar-refractivity contribution in [3.8, 4) is 6.07 Å². The molecule has 1 amide bonds. The number of aromatic nitrogens is 4. The highest BCUT2D eigenvalue weighted by Gasteiger charge is 2.26. The predicted octanol–water partition coefficient (Wildman–Crippen LogP) is 3.50. The summed E-state index contributed by atoms with van der Waals surface area (Å²) < 4.78 is 2.16. The maximum atomic E-state index is 12.5. The number of H-pyrrole nitrogens is 1. The zero-order valence-corrected chi connectivity index (χ0v) is 16.2. The third-order valence-corrected chi connectivity index (χ3v) is 5.84. The number of aryl methyl sites for hydroxylation is 1. The summed E-state index contributed by atoms with van der Waals surface area (Å²) >= 11 is 1.29. The molecular weight excluding hydrogens is 348 g/mol. The first-order valence-corrected chi connectivity index (χ1v) is 9.99. The molecule has 1 fully saturated rings. The minimum absolute atomic E-state index is 0.147. The predicted molar refractivity (Wildman–Crippen MR) is 101 cm³/mol. The second kappa shape index (κ2) is 7.96. The molecule has 0 aliphatic heterocycles. The molecule has 26 heavy (non-hydrogen) atoms. The Morgan fingerprint density at radius 2 is 2.15 bits per heavy atom. The Balaban J connectivity index is 1.76. The number of carbonyl (C=O) groups excluding carboxylic acids is 1. The molecule has 0 aromatic carbocycles. The molecule has 8 heteroatoms. The van der Waals surface area contributed by atoms with Gasteiger partial charge in [0.2, 0.25) is 11.1 Å². The molecule has 3 rings (SSSR count). The number of nitrogens with zero attached hydrogens (tertiary/aromatic N) is 4. The molecule has 2 heterocycles. The van der Waals surface area contributed by atoms with Crippen LogP contribution in [0.4, 0.5) is 5.82 Å². The van der Waals surface area contributed by atoms with Gasteiger partial charge in [0.05, 0.1) is 11.3 Å². The number of nitriles is 1. The van der Waals surface area contributed by atoms with Crippen LogP contribution in [-0.4, -0.2) is 31.4 Å². The molecule has 0 radical (unpaired) electrons. The van der Waals surface area contributed by atoms with Crippen molar-refractivity contribution < 1.29 is 4.79 Å². The van der Waals surface area contributed by atoms with Gasteiger partial charge in [-0.05, 0) is 32.3 Å². The average molecular weight is 372 g/mol. The van der Waals surface area contributed by atoms with Crippen molar-refractivity contribution in [2.75, 3.05) is 11.1 Å². The number of carbonyl (C=O) groups is 1. The molecule has 2 aromatic rings. The van der Waals surface area contributed by atoms with Gasteiger partial charge in [0, 0.05) is 18.2 Å². The monoisotopic (exact) mass is 372 g/mol. The molecule has 1 aliphatic carbocycles. The fraction of sp³-hybridized carbons (Fsp3) is 0.556. The number of nitrogens with one attached hydrogen (secondary N) is 2. The van der Waals surface area contributed by atoms with Gasteiger partial charge in [-0.1, -0.05) is 31.5 Å². The number of aromatic amines is 1. The molecule has 0 bridgehead atoms. The fourth-order valence-electron chi connectivity index (χ4n) is 3.50. The van der Waals surface area contributed by atoms with Gasteiger partial charge in [0.1, 0.15) is 17.7 Å². The smallest absolute Gasteiger partial charge is 0.235 e. The van der Waals surface area contributed by atoms with E-state index in [-0.39, 0.29) is 11.7 Å². The van der Waals surface area contributed by atoms with Gasteiger partial charge in [-0.3, -0.25) is 9.89 Å². The third kappa shape index (κ3) is 3.63. The zero-order valence-electron chi connectivity index (χ0n) is 15.4. The van der Waals surface area contributed by atoms with E-state index >= 15 is 0 Å². The fourth-order valence-corrected chi connectivity index (χ4v) is 4.12. The van der Waals surface area contributed by atoms with Crippen LogP contribution in [0.3, 0.4) is 0 Å². The summed E-state index contributed by atoms with van der Waals surface area (Å²) in [5.41, 5.74) is 2.58. The molecule has 0 atom stereocenters. The SMILES string of the molecule is CCc1nc(SCC(=O)Nc2c(C#N)c(C)c(C)n2C2CCCC2)n[nH]1. The summed E-state index contributed by atoms with van der Waals surface area (Å²) in [5.74, 6) is 1.51. The molecule has 0 spiro atoms. The van der Waals surface area contributed by atoms with Crippen LogP contribution < -0.4 is 5.32 Å². The summed E-state index contributed by atoms with van der Waals surface area (Å²) in [4.78, 5) is 16.8. The minimum Gasteiger partial charge on any atom is -0.327 e. The lowest BCUT2D eigenvalue weighted by molar-refractivity contribution is -0.113. The first kappa shape index (κ1) is 18.5. The molecule has 2 aromatic heterocycles. The highest BCUT2D eigenvalue weighted by atomic mass is 32.2. The first-order chi connectivity index (χ1) is 12.5. The third-order valence-electron chi connectivity index (χ3n) is 4.99. The van der Waals surface area contributed by atoms with Gasteiger partial charge in [0.15, 0.2) is 0 Å². The topological polar surface area (TPSA) is 99.4 Å². The molecule has 1 aliphatic rings. The minimum atomic E-state index is -0.147. The Kier molecular flexibility index (Phi) is 5.67. The van der Waals surface area contributed by atoms with E-state index in [9.17, 15) is 10.1 Å². The van der Waals surface area contributed by atoms with Crippen LogP contribution in [-0.2, 0) is 11.2 Å². The lowest BCUT2D eigenvalue weighted by atomic mass is 10.2. The molecule has 2 N–H and O–H groups in total. The number of thioether (sulfide) groups is 1. The molecule has 0 saturated heterocycles. The van der Waals surface area contributed by atoms with E-state index in [0.717, 1.165) is 36.3 Å². The quantitative estimate of drug-likeness (QED) is 0.756.